The van der Waals surface area contributed by atoms with Crippen molar-refractivity contribution in [1.82, 2.24) is 45.0 Å². The molecule has 16 heteroatoms. The Morgan fingerprint density at radius 1 is 1.12 bits per heavy atom. The first kappa shape index (κ1) is 45.7. The van der Waals surface area contributed by atoms with Crippen molar-refractivity contribution in [3.63, 3.8) is 0 Å². The Labute approximate surface area is 380 Å². The minimum absolute atomic E-state index is 0.119. The summed E-state index contributed by atoms with van der Waals surface area (Å²) < 4.78 is 14.3. The number of thiazole rings is 1. The molecule has 6 atom stereocenters. The van der Waals surface area contributed by atoms with Crippen LogP contribution in [0.3, 0.4) is 0 Å². The molecule has 15 nitrogen and oxygen atoms in total. The molecule has 7 heterocycles. The van der Waals surface area contributed by atoms with Crippen molar-refractivity contribution in [2.45, 2.75) is 110 Å². The second-order valence-electron chi connectivity index (χ2n) is 19.4. The van der Waals surface area contributed by atoms with Gasteiger partial charge in [-0.25, -0.2) is 15.2 Å². The smallest absolute Gasteiger partial charge is 0.324 e. The fourth-order valence-corrected chi connectivity index (χ4v) is 11.2. The standard InChI is InChI=1S/C48H65N9O6S/c1-10-55-39-16-15-30-21-33(39)34(43(55)32-13-11-18-49-41(32)29(4)62-9)23-48(5,6)27-63-46(60)35-14-12-19-57(52-35)45(59)36(22-40-50-37(30)26-64-40)51-44(58)42(28(2)3)54(8)47(61)56-25-31-24-53(7)20-17-38(31)56/h11,13,15-16,18,21,26,28-29,31,35-36,38,42,52H,10,12,14,17,19-20,22-25,27H2,1-9H3,(H,51,58)/t29-,31+,35-,36-,38+,42-/m0/s1. The van der Waals surface area contributed by atoms with Crippen molar-refractivity contribution >= 4 is 46.1 Å². The summed E-state index contributed by atoms with van der Waals surface area (Å²) in [6.45, 7) is 16.0. The normalized spacial score (nSPS) is 23.8. The maximum Gasteiger partial charge on any atom is 0.324 e. The zero-order chi connectivity index (χ0) is 45.6. The van der Waals surface area contributed by atoms with E-state index in [4.69, 9.17) is 19.4 Å². The number of hydrogen-bond acceptors (Lipinski definition) is 11. The van der Waals surface area contributed by atoms with Gasteiger partial charge >= 0.3 is 12.0 Å². The first-order valence-electron chi connectivity index (χ1n) is 22.9. The van der Waals surface area contributed by atoms with Crippen molar-refractivity contribution in [3.05, 3.63) is 58.2 Å². The van der Waals surface area contributed by atoms with Crippen LogP contribution in [0.4, 0.5) is 4.79 Å². The topological polar surface area (TPSA) is 154 Å². The van der Waals surface area contributed by atoms with E-state index < -0.39 is 35.4 Å². The van der Waals surface area contributed by atoms with Gasteiger partial charge in [0.25, 0.3) is 5.91 Å². The molecule has 4 aliphatic heterocycles. The number of carbonyl (C=O) groups is 4. The van der Waals surface area contributed by atoms with Crippen molar-refractivity contribution < 1.29 is 28.7 Å². The van der Waals surface area contributed by atoms with Crippen LogP contribution in [0.5, 0.6) is 0 Å². The lowest BCUT2D eigenvalue weighted by Crippen LogP contribution is -2.68. The highest BCUT2D eigenvalue weighted by atomic mass is 32.1. The van der Waals surface area contributed by atoms with E-state index in [1.165, 1.54) is 16.3 Å². The second-order valence-corrected chi connectivity index (χ2v) is 20.3. The number of rotatable bonds is 8. The molecule has 344 valence electrons. The number of cyclic esters (lactones) is 1. The average molecular weight is 896 g/mol. The fraction of sp³-hybridized carbons (Fsp3) is 0.583. The van der Waals surface area contributed by atoms with Crippen molar-refractivity contribution in [1.29, 1.82) is 0 Å². The monoisotopic (exact) mass is 895 g/mol. The summed E-state index contributed by atoms with van der Waals surface area (Å²) >= 11 is 1.44. The largest absolute Gasteiger partial charge is 0.464 e. The SMILES string of the molecule is CCn1c(-c2cccnc2[C@H](C)OC)c2c3cc(ccc31)-c1csc(n1)C[C@H](NC(=O)[C@H](C(C)C)N(C)C(=O)N1C[C@H]3CN(C)CC[C@H]31)C(=O)N1CCC[C@H](N1)C(=O)OCC(C)(C)C2. The molecule has 2 N–H and O–H groups in total. The molecule has 0 radical (unpaired) electrons. The molecule has 0 saturated carbocycles. The number of urea groups is 1. The Morgan fingerprint density at radius 2 is 1.92 bits per heavy atom. The number of aromatic nitrogens is 3. The van der Waals surface area contributed by atoms with E-state index in [0.717, 1.165) is 64.2 Å². The molecule has 4 aliphatic rings. The van der Waals surface area contributed by atoms with Gasteiger partial charge in [0.2, 0.25) is 5.91 Å². The third-order valence-electron chi connectivity index (χ3n) is 13.7. The first-order chi connectivity index (χ1) is 30.6. The maximum atomic E-state index is 14.6. The Balaban J connectivity index is 1.16. The summed E-state index contributed by atoms with van der Waals surface area (Å²) in [7, 11) is 5.49. The van der Waals surface area contributed by atoms with Gasteiger partial charge in [-0.3, -0.25) is 24.4 Å². The molecule has 0 unspecified atom stereocenters. The number of hydrogen-bond donors (Lipinski definition) is 2. The molecule has 3 saturated heterocycles. The number of benzene rings is 1. The van der Waals surface area contributed by atoms with Gasteiger partial charge in [0, 0.05) is 97.7 Å². The highest BCUT2D eigenvalue weighted by Crippen LogP contribution is 2.42. The van der Waals surface area contributed by atoms with Gasteiger partial charge in [-0.2, -0.15) is 0 Å². The number of nitrogens with one attached hydrogen (secondary N) is 2. The zero-order valence-corrected chi connectivity index (χ0v) is 39.7. The molecule has 4 amide bonds. The number of piperidine rings is 1. The predicted octanol–water partition coefficient (Wildman–Crippen LogP) is 5.91. The second kappa shape index (κ2) is 18.5. The van der Waals surface area contributed by atoms with Crippen LogP contribution in [-0.2, 0) is 43.2 Å². The van der Waals surface area contributed by atoms with E-state index in [1.54, 1.807) is 25.3 Å². The Kier molecular flexibility index (Phi) is 13.2. The van der Waals surface area contributed by atoms with Crippen LogP contribution < -0.4 is 10.7 Å². The summed E-state index contributed by atoms with van der Waals surface area (Å²) in [6, 6.07) is 7.87. The van der Waals surface area contributed by atoms with Crippen LogP contribution in [0, 0.1) is 17.3 Å². The molecule has 3 fully saturated rings. The number of hydrazine groups is 1. The average Bonchev–Trinajstić information content (AvgIpc) is 3.86. The number of nitrogens with zero attached hydrogens (tertiary/aromatic N) is 7. The number of aryl methyl sites for hydroxylation is 1. The molecule has 4 aromatic rings. The van der Waals surface area contributed by atoms with Gasteiger partial charge in [0.15, 0.2) is 0 Å². The van der Waals surface area contributed by atoms with E-state index >= 15 is 0 Å². The molecule has 64 heavy (non-hydrogen) atoms. The van der Waals surface area contributed by atoms with Crippen LogP contribution in [0.1, 0.15) is 83.2 Å². The number of methoxy groups -OCH3 is 1. The molecule has 6 bridgehead atoms. The summed E-state index contributed by atoms with van der Waals surface area (Å²) in [6.07, 6.45) is 4.23. The Bertz CT molecular complexity index is 2390. The van der Waals surface area contributed by atoms with E-state index in [1.807, 2.05) is 37.1 Å². The van der Waals surface area contributed by atoms with Crippen LogP contribution >= 0.6 is 11.3 Å². The molecular formula is C48H65N9O6S. The summed E-state index contributed by atoms with van der Waals surface area (Å²) in [5, 5.41) is 8.27. The van der Waals surface area contributed by atoms with Crippen LogP contribution in [0.25, 0.3) is 33.4 Å². The Hall–Kier alpha value is -4.90. The molecule has 0 aliphatic carbocycles. The lowest BCUT2D eigenvalue weighted by molar-refractivity contribution is -0.155. The molecule has 1 aromatic carbocycles. The van der Waals surface area contributed by atoms with Gasteiger partial charge in [0.05, 0.1) is 34.8 Å². The number of amides is 4. The van der Waals surface area contributed by atoms with Crippen molar-refractivity contribution in [2.24, 2.45) is 17.3 Å². The van der Waals surface area contributed by atoms with Gasteiger partial charge in [-0.15, -0.1) is 11.3 Å². The third-order valence-corrected chi connectivity index (χ3v) is 14.6. The summed E-state index contributed by atoms with van der Waals surface area (Å²) in [4.78, 5) is 72.6. The summed E-state index contributed by atoms with van der Waals surface area (Å²) in [5.41, 5.74) is 9.44. The molecule has 0 spiro atoms. The highest BCUT2D eigenvalue weighted by Gasteiger charge is 2.47. The van der Waals surface area contributed by atoms with E-state index in [-0.39, 0.29) is 43.0 Å². The van der Waals surface area contributed by atoms with E-state index in [9.17, 15) is 19.2 Å². The number of carbonyl (C=O) groups excluding carboxylic acids is 4. The van der Waals surface area contributed by atoms with E-state index in [2.05, 4.69) is 72.3 Å². The van der Waals surface area contributed by atoms with Crippen molar-refractivity contribution in [3.8, 4) is 22.5 Å². The van der Waals surface area contributed by atoms with Gasteiger partial charge < -0.3 is 34.1 Å². The van der Waals surface area contributed by atoms with E-state index in [0.29, 0.717) is 49.8 Å². The van der Waals surface area contributed by atoms with Crippen molar-refractivity contribution in [2.75, 3.05) is 54.0 Å². The number of fused-ring (bicyclic) bond motifs is 7. The number of likely N-dealkylation sites (N-methyl/N-ethyl adjacent to an activating group) is 1. The number of pyridine rings is 1. The lowest BCUT2D eigenvalue weighted by Gasteiger charge is -2.54. The minimum Gasteiger partial charge on any atom is -0.464 e. The minimum atomic E-state index is -1.03. The molecular weight excluding hydrogens is 831 g/mol. The zero-order valence-electron chi connectivity index (χ0n) is 38.8. The van der Waals surface area contributed by atoms with Crippen LogP contribution in [-0.4, -0.2) is 136 Å². The first-order valence-corrected chi connectivity index (χ1v) is 23.8. The highest BCUT2D eigenvalue weighted by molar-refractivity contribution is 7.10. The number of likely N-dealkylation sites (tertiary alicyclic amines) is 2. The maximum absolute atomic E-state index is 14.6. The quantitative estimate of drug-likeness (QED) is 0.204. The fourth-order valence-electron chi connectivity index (χ4n) is 10.3. The third kappa shape index (κ3) is 8.90. The molecule has 8 rings (SSSR count). The Morgan fingerprint density at radius 3 is 2.66 bits per heavy atom. The van der Waals surface area contributed by atoms with Gasteiger partial charge in [-0.05, 0) is 88.9 Å². The lowest BCUT2D eigenvalue weighted by atomic mass is 9.83. The van der Waals surface area contributed by atoms with Crippen LogP contribution in [0.2, 0.25) is 0 Å². The predicted molar refractivity (Wildman–Crippen MR) is 247 cm³/mol. The van der Waals surface area contributed by atoms with Gasteiger partial charge in [0.1, 0.15) is 18.1 Å². The number of ether oxygens (including phenoxy) is 2. The van der Waals surface area contributed by atoms with Crippen LogP contribution in [0.15, 0.2) is 41.9 Å². The summed E-state index contributed by atoms with van der Waals surface area (Å²) in [5.74, 6) is -1.03. The number of esters is 1. The molecule has 3 aromatic heterocycles. The van der Waals surface area contributed by atoms with Gasteiger partial charge in [-0.1, -0.05) is 33.8 Å².